The van der Waals surface area contributed by atoms with Gasteiger partial charge in [0, 0.05) is 17.2 Å². The summed E-state index contributed by atoms with van der Waals surface area (Å²) in [6, 6.07) is 11.0. The zero-order valence-electron chi connectivity index (χ0n) is 19.1. The lowest BCUT2D eigenvalue weighted by Gasteiger charge is -2.18. The second kappa shape index (κ2) is 10.2. The first-order valence-corrected chi connectivity index (χ1v) is 12.8. The van der Waals surface area contributed by atoms with Crippen LogP contribution in [0.15, 0.2) is 61.3 Å². The predicted octanol–water partition coefficient (Wildman–Crippen LogP) is 5.36. The molecule has 0 fully saturated rings. The predicted molar refractivity (Wildman–Crippen MR) is 131 cm³/mol. The van der Waals surface area contributed by atoms with Crippen molar-refractivity contribution in [3.63, 3.8) is 0 Å². The molecule has 0 atom stereocenters. The minimum atomic E-state index is -4.75. The Hall–Kier alpha value is -3.85. The van der Waals surface area contributed by atoms with Gasteiger partial charge in [0.2, 0.25) is 11.9 Å². The Kier molecular flexibility index (Phi) is 7.50. The Labute approximate surface area is 200 Å². The third-order valence-electron chi connectivity index (χ3n) is 4.73. The Morgan fingerprint density at radius 2 is 1.83 bits per heavy atom. The average Bonchev–Trinajstić information content (AvgIpc) is 2.78. The summed E-state index contributed by atoms with van der Waals surface area (Å²) in [7, 11) is -1.40. The van der Waals surface area contributed by atoms with Crippen LogP contribution in [0.1, 0.15) is 5.56 Å². The van der Waals surface area contributed by atoms with Gasteiger partial charge in [0.15, 0.2) is 0 Å². The van der Waals surface area contributed by atoms with Gasteiger partial charge in [-0.2, -0.15) is 18.2 Å². The number of halogens is 3. The second-order valence-corrected chi connectivity index (χ2v) is 10.9. The first-order valence-electron chi connectivity index (χ1n) is 10.2. The van der Waals surface area contributed by atoms with Crippen LogP contribution < -0.4 is 26.0 Å². The molecule has 0 spiro atoms. The molecule has 0 radical (unpaired) electrons. The molecule has 0 aliphatic rings. The van der Waals surface area contributed by atoms with Crippen LogP contribution in [-0.4, -0.2) is 36.3 Å². The third kappa shape index (κ3) is 6.39. The van der Waals surface area contributed by atoms with E-state index in [2.05, 4.69) is 32.5 Å². The van der Waals surface area contributed by atoms with E-state index in [0.717, 1.165) is 6.08 Å². The number of alkyl halides is 3. The Balaban J connectivity index is 2.04. The van der Waals surface area contributed by atoms with Gasteiger partial charge in [0.25, 0.3) is 0 Å². The summed E-state index contributed by atoms with van der Waals surface area (Å²) in [6.45, 7) is 6.43. The molecule has 12 heteroatoms. The van der Waals surface area contributed by atoms with Crippen molar-refractivity contribution in [3.05, 3.63) is 66.9 Å². The molecule has 0 aliphatic carbocycles. The molecule has 0 bridgehead atoms. The SMILES string of the molecule is C=CC(=O)Nc1ccc(OC)c(Nc2ncc(C(F)(F)F)c(Nc3ccccc3P(C)(C)=O)n2)c1. The Bertz CT molecular complexity index is 1310. The number of ether oxygens (including phenoxy) is 1. The van der Waals surface area contributed by atoms with Crippen LogP contribution in [0.25, 0.3) is 0 Å². The van der Waals surface area contributed by atoms with Crippen molar-refractivity contribution < 1.29 is 27.3 Å². The molecule has 3 aromatic rings. The molecule has 1 amide bonds. The first kappa shape index (κ1) is 25.8. The third-order valence-corrected chi connectivity index (χ3v) is 6.28. The van der Waals surface area contributed by atoms with Gasteiger partial charge in [-0.05, 0) is 49.7 Å². The number of rotatable bonds is 8. The van der Waals surface area contributed by atoms with Crippen LogP contribution in [0.4, 0.5) is 42.0 Å². The van der Waals surface area contributed by atoms with Gasteiger partial charge in [-0.15, -0.1) is 0 Å². The number of carbonyl (C=O) groups excluding carboxylic acids is 1. The van der Waals surface area contributed by atoms with E-state index in [1.54, 1.807) is 30.3 Å². The standard InChI is InChI=1S/C23H23F3N5O3P/c1-5-20(32)28-14-10-11-18(34-2)17(12-14)30-22-27-13-15(23(24,25)26)21(31-22)29-16-8-6-7-9-19(16)35(3,4)33/h5-13H,1H2,2-4H3,(H,28,32)(H2,27,29,30,31). The minimum absolute atomic E-state index is 0.167. The van der Waals surface area contributed by atoms with E-state index in [1.807, 2.05) is 0 Å². The van der Waals surface area contributed by atoms with Crippen molar-refractivity contribution >= 4 is 47.2 Å². The minimum Gasteiger partial charge on any atom is -0.495 e. The summed E-state index contributed by atoms with van der Waals surface area (Å²) in [5.41, 5.74) is -0.173. The number of carbonyl (C=O) groups is 1. The van der Waals surface area contributed by atoms with Gasteiger partial charge in [-0.1, -0.05) is 18.7 Å². The number of nitrogens with one attached hydrogen (secondary N) is 3. The molecule has 0 aliphatic heterocycles. The lowest BCUT2D eigenvalue weighted by atomic mass is 10.2. The van der Waals surface area contributed by atoms with Crippen molar-refractivity contribution in [2.45, 2.75) is 6.18 Å². The zero-order chi connectivity index (χ0) is 25.8. The lowest BCUT2D eigenvalue weighted by molar-refractivity contribution is -0.137. The fourth-order valence-electron chi connectivity index (χ4n) is 3.12. The molecule has 2 aromatic carbocycles. The van der Waals surface area contributed by atoms with Crippen molar-refractivity contribution in [3.8, 4) is 5.75 Å². The van der Waals surface area contributed by atoms with E-state index in [9.17, 15) is 22.5 Å². The average molecular weight is 505 g/mol. The molecule has 35 heavy (non-hydrogen) atoms. The van der Waals surface area contributed by atoms with Gasteiger partial charge < -0.3 is 25.3 Å². The maximum atomic E-state index is 13.7. The summed E-state index contributed by atoms with van der Waals surface area (Å²) in [4.78, 5) is 19.4. The molecule has 0 unspecified atom stereocenters. The fraction of sp³-hybridized carbons (Fsp3) is 0.174. The molecule has 1 aromatic heterocycles. The van der Waals surface area contributed by atoms with Crippen LogP contribution in [0.5, 0.6) is 5.75 Å². The molecule has 3 rings (SSSR count). The number of hydrogen-bond donors (Lipinski definition) is 3. The topological polar surface area (TPSA) is 105 Å². The van der Waals surface area contributed by atoms with Crippen molar-refractivity contribution in [2.24, 2.45) is 0 Å². The van der Waals surface area contributed by atoms with E-state index in [1.165, 1.54) is 32.6 Å². The van der Waals surface area contributed by atoms with Crippen molar-refractivity contribution in [1.29, 1.82) is 0 Å². The number of hydrogen-bond acceptors (Lipinski definition) is 7. The van der Waals surface area contributed by atoms with E-state index < -0.39 is 30.6 Å². The summed E-state index contributed by atoms with van der Waals surface area (Å²) in [6.07, 6.45) is -3.00. The number of amides is 1. The summed E-state index contributed by atoms with van der Waals surface area (Å²) in [5.74, 6) is -0.797. The second-order valence-electron chi connectivity index (χ2n) is 7.68. The number of benzene rings is 2. The van der Waals surface area contributed by atoms with Crippen LogP contribution in [0.2, 0.25) is 0 Å². The van der Waals surface area contributed by atoms with E-state index in [4.69, 9.17) is 4.74 Å². The summed E-state index contributed by atoms with van der Waals surface area (Å²) >= 11 is 0. The first-order chi connectivity index (χ1) is 16.4. The largest absolute Gasteiger partial charge is 0.495 e. The number of para-hydroxylation sites is 1. The van der Waals surface area contributed by atoms with Crippen LogP contribution in [-0.2, 0) is 15.5 Å². The Morgan fingerprint density at radius 1 is 1.11 bits per heavy atom. The van der Waals surface area contributed by atoms with E-state index in [-0.39, 0.29) is 11.6 Å². The van der Waals surface area contributed by atoms with Crippen molar-refractivity contribution in [1.82, 2.24) is 9.97 Å². The quantitative estimate of drug-likeness (QED) is 0.280. The Morgan fingerprint density at radius 3 is 2.46 bits per heavy atom. The number of methoxy groups -OCH3 is 1. The monoisotopic (exact) mass is 505 g/mol. The van der Waals surface area contributed by atoms with E-state index >= 15 is 0 Å². The molecular weight excluding hydrogens is 482 g/mol. The zero-order valence-corrected chi connectivity index (χ0v) is 20.0. The number of nitrogens with zero attached hydrogens (tertiary/aromatic N) is 2. The normalized spacial score (nSPS) is 11.5. The van der Waals surface area contributed by atoms with Gasteiger partial charge in [0.1, 0.15) is 24.3 Å². The van der Waals surface area contributed by atoms with Gasteiger partial charge >= 0.3 is 6.18 Å². The maximum absolute atomic E-state index is 13.7. The number of aromatic nitrogens is 2. The van der Waals surface area contributed by atoms with Crippen LogP contribution in [0, 0.1) is 0 Å². The van der Waals surface area contributed by atoms with Crippen LogP contribution in [0.3, 0.4) is 0 Å². The van der Waals surface area contributed by atoms with E-state index in [0.29, 0.717) is 28.6 Å². The molecule has 8 nitrogen and oxygen atoms in total. The van der Waals surface area contributed by atoms with Gasteiger partial charge in [-0.3, -0.25) is 4.79 Å². The van der Waals surface area contributed by atoms with Crippen molar-refractivity contribution in [2.75, 3.05) is 36.4 Å². The highest BCUT2D eigenvalue weighted by Gasteiger charge is 2.35. The fourth-order valence-corrected chi connectivity index (χ4v) is 4.27. The maximum Gasteiger partial charge on any atom is 0.421 e. The molecule has 184 valence electrons. The number of anilines is 5. The van der Waals surface area contributed by atoms with Crippen LogP contribution >= 0.6 is 7.14 Å². The summed E-state index contributed by atoms with van der Waals surface area (Å²) < 4.78 is 59.1. The van der Waals surface area contributed by atoms with Gasteiger partial charge in [-0.25, -0.2) is 4.98 Å². The smallest absolute Gasteiger partial charge is 0.421 e. The molecular formula is C23H23F3N5O3P. The highest BCUT2D eigenvalue weighted by molar-refractivity contribution is 7.70. The highest BCUT2D eigenvalue weighted by Crippen LogP contribution is 2.40. The lowest BCUT2D eigenvalue weighted by Crippen LogP contribution is -2.16. The van der Waals surface area contributed by atoms with Gasteiger partial charge in [0.05, 0.1) is 18.5 Å². The molecule has 0 saturated carbocycles. The highest BCUT2D eigenvalue weighted by atomic mass is 31.2. The molecule has 3 N–H and O–H groups in total. The molecule has 1 heterocycles. The summed E-state index contributed by atoms with van der Waals surface area (Å²) in [5, 5.41) is 8.45. The molecule has 0 saturated heterocycles.